The van der Waals surface area contributed by atoms with Gasteiger partial charge in [-0.25, -0.2) is 0 Å². The molecular formula is C16H15Cl2NO3. The van der Waals surface area contributed by atoms with Gasteiger partial charge in [-0.2, -0.15) is 0 Å². The van der Waals surface area contributed by atoms with Gasteiger partial charge in [-0.3, -0.25) is 4.99 Å². The summed E-state index contributed by atoms with van der Waals surface area (Å²) >= 11 is 11.7. The number of aliphatic hydroxyl groups excluding tert-OH is 1. The third kappa shape index (κ3) is 3.91. The Labute approximate surface area is 138 Å². The highest BCUT2D eigenvalue weighted by atomic mass is 35.5. The smallest absolute Gasteiger partial charge is 0.143 e. The molecule has 2 rings (SSSR count). The van der Waals surface area contributed by atoms with Gasteiger partial charge in [0.25, 0.3) is 0 Å². The van der Waals surface area contributed by atoms with Gasteiger partial charge in [-0.15, -0.1) is 0 Å². The Kier molecular flexibility index (Phi) is 5.29. The second-order valence-corrected chi connectivity index (χ2v) is 5.72. The van der Waals surface area contributed by atoms with Crippen LogP contribution in [0.3, 0.4) is 0 Å². The lowest BCUT2D eigenvalue weighted by Crippen LogP contribution is -2.12. The van der Waals surface area contributed by atoms with Gasteiger partial charge < -0.3 is 15.3 Å². The molecule has 2 aromatic carbocycles. The first-order valence-corrected chi connectivity index (χ1v) is 7.32. The molecule has 22 heavy (non-hydrogen) atoms. The molecule has 0 aliphatic rings. The van der Waals surface area contributed by atoms with Gasteiger partial charge >= 0.3 is 0 Å². The van der Waals surface area contributed by atoms with Crippen molar-refractivity contribution in [2.45, 2.75) is 19.1 Å². The second kappa shape index (κ2) is 7.01. The number of benzene rings is 2. The van der Waals surface area contributed by atoms with Crippen LogP contribution < -0.4 is 0 Å². The first-order chi connectivity index (χ1) is 10.4. The maximum absolute atomic E-state index is 10.2. The highest BCUT2D eigenvalue weighted by Gasteiger charge is 2.15. The number of hydrogen-bond acceptors (Lipinski definition) is 4. The number of phenols is 2. The van der Waals surface area contributed by atoms with E-state index in [1.54, 1.807) is 19.1 Å². The van der Waals surface area contributed by atoms with E-state index in [1.165, 1.54) is 30.5 Å². The Hall–Kier alpha value is -1.75. The van der Waals surface area contributed by atoms with Gasteiger partial charge in [0.15, 0.2) is 0 Å². The van der Waals surface area contributed by atoms with E-state index in [0.717, 1.165) is 0 Å². The first kappa shape index (κ1) is 16.6. The number of nitrogens with zero attached hydrogens (tertiary/aromatic N) is 1. The molecular weight excluding hydrogens is 325 g/mol. The van der Waals surface area contributed by atoms with Gasteiger partial charge in [-0.1, -0.05) is 35.3 Å². The Bertz CT molecular complexity index is 687. The van der Waals surface area contributed by atoms with Crippen molar-refractivity contribution in [3.8, 4) is 11.5 Å². The summed E-state index contributed by atoms with van der Waals surface area (Å²) in [4.78, 5) is 4.22. The fraction of sp³-hybridized carbons (Fsp3) is 0.188. The van der Waals surface area contributed by atoms with E-state index in [1.807, 2.05) is 0 Å². The molecule has 4 nitrogen and oxygen atoms in total. The van der Waals surface area contributed by atoms with Crippen LogP contribution in [-0.2, 0) is 0 Å². The van der Waals surface area contributed by atoms with Gasteiger partial charge in [0.1, 0.15) is 17.6 Å². The SMILES string of the molecule is C[C@H](N=Cc1cc(Cl)cc(Cl)c1O)[C@@H](O)c1ccc(O)cc1. The lowest BCUT2D eigenvalue weighted by atomic mass is 10.0. The lowest BCUT2D eigenvalue weighted by Gasteiger charge is -2.15. The summed E-state index contributed by atoms with van der Waals surface area (Å²) < 4.78 is 0. The van der Waals surface area contributed by atoms with Crippen molar-refractivity contribution in [3.63, 3.8) is 0 Å². The number of phenolic OH excluding ortho intramolecular Hbond substituents is 2. The van der Waals surface area contributed by atoms with Gasteiger partial charge in [-0.05, 0) is 36.8 Å². The molecule has 0 unspecified atom stereocenters. The van der Waals surface area contributed by atoms with Crippen molar-refractivity contribution < 1.29 is 15.3 Å². The summed E-state index contributed by atoms with van der Waals surface area (Å²) in [7, 11) is 0. The number of rotatable bonds is 4. The molecule has 0 aromatic heterocycles. The van der Waals surface area contributed by atoms with Crippen LogP contribution in [0.25, 0.3) is 0 Å². The molecule has 0 bridgehead atoms. The lowest BCUT2D eigenvalue weighted by molar-refractivity contribution is 0.154. The molecule has 0 saturated heterocycles. The van der Waals surface area contributed by atoms with E-state index in [4.69, 9.17) is 23.2 Å². The maximum atomic E-state index is 10.2. The summed E-state index contributed by atoms with van der Waals surface area (Å²) in [5.74, 6) is 0.0201. The Balaban J connectivity index is 2.17. The summed E-state index contributed by atoms with van der Waals surface area (Å²) in [5, 5.41) is 29.8. The first-order valence-electron chi connectivity index (χ1n) is 6.56. The van der Waals surface area contributed by atoms with Gasteiger partial charge in [0.2, 0.25) is 0 Å². The molecule has 0 fully saturated rings. The zero-order valence-electron chi connectivity index (χ0n) is 11.7. The van der Waals surface area contributed by atoms with E-state index in [-0.39, 0.29) is 16.5 Å². The summed E-state index contributed by atoms with van der Waals surface area (Å²) in [6, 6.07) is 8.76. The molecule has 3 N–H and O–H groups in total. The van der Waals surface area contributed by atoms with E-state index >= 15 is 0 Å². The normalized spacial score (nSPS) is 14.2. The quantitative estimate of drug-likeness (QED) is 0.738. The number of aromatic hydroxyl groups is 2. The number of hydrogen-bond donors (Lipinski definition) is 3. The van der Waals surface area contributed by atoms with Crippen molar-refractivity contribution >= 4 is 29.4 Å². The minimum absolute atomic E-state index is 0.110. The number of halogens is 2. The van der Waals surface area contributed by atoms with Crippen molar-refractivity contribution in [2.24, 2.45) is 4.99 Å². The Morgan fingerprint density at radius 3 is 2.36 bits per heavy atom. The highest BCUT2D eigenvalue weighted by Crippen LogP contribution is 2.30. The van der Waals surface area contributed by atoms with Gasteiger partial charge in [0.05, 0.1) is 11.1 Å². The second-order valence-electron chi connectivity index (χ2n) is 4.88. The summed E-state index contributed by atoms with van der Waals surface area (Å²) in [6.45, 7) is 1.73. The Morgan fingerprint density at radius 2 is 1.73 bits per heavy atom. The van der Waals surface area contributed by atoms with Crippen LogP contribution in [0, 0.1) is 0 Å². The predicted molar refractivity (Wildman–Crippen MR) is 88.2 cm³/mol. The average Bonchev–Trinajstić information content (AvgIpc) is 2.49. The summed E-state index contributed by atoms with van der Waals surface area (Å²) in [6.07, 6.45) is 0.579. The zero-order valence-corrected chi connectivity index (χ0v) is 13.3. The molecule has 0 heterocycles. The summed E-state index contributed by atoms with van der Waals surface area (Å²) in [5.41, 5.74) is 1.01. The van der Waals surface area contributed by atoms with Crippen molar-refractivity contribution in [1.29, 1.82) is 0 Å². The molecule has 6 heteroatoms. The minimum Gasteiger partial charge on any atom is -0.508 e. The zero-order chi connectivity index (χ0) is 16.3. The molecule has 0 amide bonds. The topological polar surface area (TPSA) is 73.1 Å². The molecule has 0 aliphatic heterocycles. The molecule has 0 radical (unpaired) electrons. The van der Waals surface area contributed by atoms with Crippen molar-refractivity contribution in [1.82, 2.24) is 0 Å². The van der Waals surface area contributed by atoms with Crippen LogP contribution in [0.5, 0.6) is 11.5 Å². The highest BCUT2D eigenvalue weighted by molar-refractivity contribution is 6.36. The van der Waals surface area contributed by atoms with E-state index in [2.05, 4.69) is 4.99 Å². The van der Waals surface area contributed by atoms with E-state index in [0.29, 0.717) is 16.1 Å². The van der Waals surface area contributed by atoms with Crippen LogP contribution >= 0.6 is 23.2 Å². The third-order valence-electron chi connectivity index (χ3n) is 3.20. The molecule has 2 aromatic rings. The van der Waals surface area contributed by atoms with Crippen molar-refractivity contribution in [3.05, 3.63) is 57.6 Å². The number of aliphatic hydroxyl groups is 1. The van der Waals surface area contributed by atoms with Crippen LogP contribution in [0.4, 0.5) is 0 Å². The Morgan fingerprint density at radius 1 is 1.09 bits per heavy atom. The van der Waals surface area contributed by atoms with Crippen LogP contribution in [0.1, 0.15) is 24.2 Å². The standard InChI is InChI=1S/C16H15Cl2NO3/c1-9(15(21)10-2-4-13(20)5-3-10)19-8-11-6-12(17)7-14(18)16(11)22/h2-9,15,20-22H,1H3/t9-,15+/m0/s1. The fourth-order valence-corrected chi connectivity index (χ4v) is 2.42. The largest absolute Gasteiger partial charge is 0.508 e. The van der Waals surface area contributed by atoms with Crippen LogP contribution in [0.2, 0.25) is 10.0 Å². The van der Waals surface area contributed by atoms with Crippen molar-refractivity contribution in [2.75, 3.05) is 0 Å². The molecule has 0 aliphatic carbocycles. The van der Waals surface area contributed by atoms with E-state index < -0.39 is 12.1 Å². The molecule has 116 valence electrons. The minimum atomic E-state index is -0.839. The molecule has 0 saturated carbocycles. The molecule has 2 atom stereocenters. The van der Waals surface area contributed by atoms with Gasteiger partial charge in [0, 0.05) is 16.8 Å². The molecule has 0 spiro atoms. The predicted octanol–water partition coefficient (Wildman–Crippen LogP) is 3.95. The van der Waals surface area contributed by atoms with Crippen LogP contribution in [0.15, 0.2) is 41.4 Å². The number of aliphatic imine (C=N–C) groups is 1. The third-order valence-corrected chi connectivity index (χ3v) is 3.70. The van der Waals surface area contributed by atoms with Crippen LogP contribution in [-0.4, -0.2) is 27.6 Å². The maximum Gasteiger partial charge on any atom is 0.143 e. The van der Waals surface area contributed by atoms with E-state index in [9.17, 15) is 15.3 Å². The monoisotopic (exact) mass is 339 g/mol. The average molecular weight is 340 g/mol. The fourth-order valence-electron chi connectivity index (χ4n) is 1.91.